The Morgan fingerprint density at radius 1 is 0.846 bits per heavy atom. The monoisotopic (exact) mass is 521 g/mol. The van der Waals surface area contributed by atoms with Crippen molar-refractivity contribution in [3.63, 3.8) is 0 Å². The summed E-state index contributed by atoms with van der Waals surface area (Å²) in [5.74, 6) is -0.859. The molecule has 0 radical (unpaired) electrons. The van der Waals surface area contributed by atoms with Crippen LogP contribution in [0.25, 0.3) is 11.1 Å². The summed E-state index contributed by atoms with van der Waals surface area (Å²) in [6.07, 6.45) is 2.59. The molecule has 4 heterocycles. The average molecular weight is 522 g/mol. The first-order valence-corrected chi connectivity index (χ1v) is 13.1. The predicted molar refractivity (Wildman–Crippen MR) is 148 cm³/mol. The predicted octanol–water partition coefficient (Wildman–Crippen LogP) is 5.60. The highest BCUT2D eigenvalue weighted by Gasteiger charge is 2.59. The number of aromatic nitrogens is 2. The number of pyridine rings is 2. The average Bonchev–Trinajstić information content (AvgIpc) is 3.17. The Morgan fingerprint density at radius 3 is 2.26 bits per heavy atom. The number of aryl methyl sites for hydroxylation is 1. The van der Waals surface area contributed by atoms with Gasteiger partial charge in [-0.3, -0.25) is 19.6 Å². The maximum absolute atomic E-state index is 14.2. The molecule has 2 aromatic heterocycles. The fourth-order valence-electron chi connectivity index (χ4n) is 5.59. The van der Waals surface area contributed by atoms with E-state index in [2.05, 4.69) is 14.9 Å². The molecule has 196 valence electrons. The van der Waals surface area contributed by atoms with Gasteiger partial charge in [-0.15, -0.1) is 0 Å². The van der Waals surface area contributed by atoms with Crippen LogP contribution in [0.5, 0.6) is 0 Å². The molecule has 2 saturated heterocycles. The number of likely N-dealkylation sites (tertiary alicyclic amines) is 1. The second-order valence-electron chi connectivity index (χ2n) is 10.1. The van der Waals surface area contributed by atoms with Gasteiger partial charge < -0.3 is 0 Å². The fraction of sp³-hybridized carbons (Fsp3) is 0.226. The van der Waals surface area contributed by atoms with E-state index >= 15 is 0 Å². The number of imide groups is 1. The van der Waals surface area contributed by atoms with Crippen LogP contribution in [0, 0.1) is 12.9 Å². The molecular weight excluding hydrogens is 493 g/mol. The van der Waals surface area contributed by atoms with Crippen molar-refractivity contribution in [3.8, 4) is 11.1 Å². The van der Waals surface area contributed by atoms with Crippen LogP contribution in [0.15, 0.2) is 91.1 Å². The number of rotatable bonds is 5. The zero-order valence-corrected chi connectivity index (χ0v) is 21.6. The van der Waals surface area contributed by atoms with Crippen LogP contribution in [0.1, 0.15) is 24.1 Å². The summed E-state index contributed by atoms with van der Waals surface area (Å²) in [5, 5.41) is 0. The lowest BCUT2D eigenvalue weighted by molar-refractivity contribution is -0.123. The van der Waals surface area contributed by atoms with Crippen LogP contribution in [-0.4, -0.2) is 45.4 Å². The van der Waals surface area contributed by atoms with Crippen molar-refractivity contribution in [2.45, 2.75) is 31.8 Å². The van der Waals surface area contributed by atoms with Gasteiger partial charge in [-0.2, -0.15) is 4.39 Å². The van der Waals surface area contributed by atoms with E-state index in [4.69, 9.17) is 0 Å². The van der Waals surface area contributed by atoms with Crippen molar-refractivity contribution in [1.82, 2.24) is 14.9 Å². The summed E-state index contributed by atoms with van der Waals surface area (Å²) < 4.78 is 14.2. The summed E-state index contributed by atoms with van der Waals surface area (Å²) in [4.78, 5) is 41.5. The third-order valence-corrected chi connectivity index (χ3v) is 7.75. The molecule has 6 rings (SSSR count). The first-order valence-electron chi connectivity index (χ1n) is 13.1. The third-order valence-electron chi connectivity index (χ3n) is 7.75. The second-order valence-corrected chi connectivity index (χ2v) is 10.1. The lowest BCUT2D eigenvalue weighted by atomic mass is 9.85. The molecule has 2 aliphatic heterocycles. The Morgan fingerprint density at radius 2 is 1.56 bits per heavy atom. The normalized spacial score (nSPS) is 17.3. The lowest BCUT2D eigenvalue weighted by Gasteiger charge is -2.41. The Kier molecular flexibility index (Phi) is 6.40. The largest absolute Gasteiger partial charge is 0.338 e. The summed E-state index contributed by atoms with van der Waals surface area (Å²) in [7, 11) is 0. The minimum Gasteiger partial charge on any atom is -0.297 e. The molecule has 2 aromatic carbocycles. The number of nitrogens with zero attached hydrogens (tertiary/aromatic N) is 5. The molecule has 7 nitrogen and oxygen atoms in total. The van der Waals surface area contributed by atoms with E-state index in [0.29, 0.717) is 38.2 Å². The zero-order chi connectivity index (χ0) is 27.0. The Hall–Kier alpha value is -4.43. The van der Waals surface area contributed by atoms with E-state index in [1.807, 2.05) is 61.5 Å². The number of benzene rings is 2. The molecule has 0 N–H and O–H groups in total. The summed E-state index contributed by atoms with van der Waals surface area (Å²) in [5.41, 5.74) is 3.46. The van der Waals surface area contributed by atoms with Crippen LogP contribution in [0.3, 0.4) is 0 Å². The van der Waals surface area contributed by atoms with Gasteiger partial charge in [0.1, 0.15) is 11.4 Å². The maximum Gasteiger partial charge on any atom is 0.338 e. The minimum atomic E-state index is -1.15. The fourth-order valence-corrected chi connectivity index (χ4v) is 5.59. The Labute approximate surface area is 226 Å². The van der Waals surface area contributed by atoms with Gasteiger partial charge in [-0.1, -0.05) is 54.6 Å². The van der Waals surface area contributed by atoms with Gasteiger partial charge in [0.2, 0.25) is 5.95 Å². The number of hydrogen-bond acceptors (Lipinski definition) is 5. The number of piperidine rings is 1. The van der Waals surface area contributed by atoms with Crippen LogP contribution in [0.4, 0.5) is 20.7 Å². The number of halogens is 1. The number of carbonyl (C=O) groups excluding carboxylic acids is 2. The van der Waals surface area contributed by atoms with Crippen LogP contribution >= 0.6 is 0 Å². The molecule has 3 amide bonds. The number of urea groups is 1. The maximum atomic E-state index is 14.2. The quantitative estimate of drug-likeness (QED) is 0.253. The first kappa shape index (κ1) is 24.9. The molecule has 0 atom stereocenters. The minimum absolute atomic E-state index is 0.144. The van der Waals surface area contributed by atoms with E-state index in [-0.39, 0.29) is 11.7 Å². The summed E-state index contributed by atoms with van der Waals surface area (Å²) in [6.45, 7) is 3.86. The van der Waals surface area contributed by atoms with Gasteiger partial charge in [0.05, 0.1) is 11.4 Å². The molecule has 0 bridgehead atoms. The van der Waals surface area contributed by atoms with Crippen LogP contribution in [-0.2, 0) is 11.3 Å². The molecule has 0 unspecified atom stereocenters. The number of hydrogen-bond donors (Lipinski definition) is 0. The van der Waals surface area contributed by atoms with Gasteiger partial charge in [-0.25, -0.2) is 14.7 Å². The molecule has 4 aromatic rings. The lowest BCUT2D eigenvalue weighted by Crippen LogP contribution is -2.57. The van der Waals surface area contributed by atoms with Crippen LogP contribution < -0.4 is 9.80 Å². The standard InChI is InChI=1S/C31H28FN5O2/c1-22-7-6-18-33-26(22)21-35-19-16-31(17-20-35)29(38)36(30(39)37(31)28-11-5-10-27(32)34-28)25-14-12-24(13-15-25)23-8-3-2-4-9-23/h2-15,18H,16-17,19-21H2,1H3. The zero-order valence-electron chi connectivity index (χ0n) is 21.6. The van der Waals surface area contributed by atoms with Gasteiger partial charge in [0, 0.05) is 25.8 Å². The van der Waals surface area contributed by atoms with Crippen molar-refractivity contribution >= 4 is 23.4 Å². The topological polar surface area (TPSA) is 69.6 Å². The van der Waals surface area contributed by atoms with Gasteiger partial charge in [0.15, 0.2) is 0 Å². The van der Waals surface area contributed by atoms with Crippen molar-refractivity contribution in [1.29, 1.82) is 0 Å². The van der Waals surface area contributed by atoms with E-state index in [9.17, 15) is 14.0 Å². The van der Waals surface area contributed by atoms with Crippen molar-refractivity contribution in [3.05, 3.63) is 108 Å². The number of amides is 3. The smallest absolute Gasteiger partial charge is 0.297 e. The molecular formula is C31H28FN5O2. The second kappa shape index (κ2) is 10.0. The highest BCUT2D eigenvalue weighted by atomic mass is 19.1. The summed E-state index contributed by atoms with van der Waals surface area (Å²) in [6, 6.07) is 25.0. The Bertz CT molecular complexity index is 1520. The van der Waals surface area contributed by atoms with Crippen molar-refractivity contribution in [2.24, 2.45) is 0 Å². The van der Waals surface area contributed by atoms with Crippen LogP contribution in [0.2, 0.25) is 0 Å². The van der Waals surface area contributed by atoms with Gasteiger partial charge in [0.25, 0.3) is 5.91 Å². The van der Waals surface area contributed by atoms with E-state index in [1.165, 1.54) is 21.9 Å². The molecule has 2 fully saturated rings. The van der Waals surface area contributed by atoms with Crippen molar-refractivity contribution in [2.75, 3.05) is 22.9 Å². The number of anilines is 2. The van der Waals surface area contributed by atoms with Crippen molar-refractivity contribution < 1.29 is 14.0 Å². The molecule has 8 heteroatoms. The molecule has 2 aliphatic rings. The van der Waals surface area contributed by atoms with Gasteiger partial charge >= 0.3 is 6.03 Å². The molecule has 0 saturated carbocycles. The first-order chi connectivity index (χ1) is 19.0. The molecule has 1 spiro atoms. The van der Waals surface area contributed by atoms with Gasteiger partial charge in [-0.05, 0) is 66.8 Å². The van der Waals surface area contributed by atoms with E-state index in [1.54, 1.807) is 24.4 Å². The Balaban J connectivity index is 1.32. The van der Waals surface area contributed by atoms with E-state index < -0.39 is 17.5 Å². The third kappa shape index (κ3) is 4.46. The number of carbonyl (C=O) groups is 2. The highest BCUT2D eigenvalue weighted by Crippen LogP contribution is 2.42. The molecule has 39 heavy (non-hydrogen) atoms. The SMILES string of the molecule is Cc1cccnc1CN1CCC2(CC1)C(=O)N(c1ccc(-c3ccccc3)cc1)C(=O)N2c1cccc(F)n1. The molecule has 0 aliphatic carbocycles. The highest BCUT2D eigenvalue weighted by molar-refractivity contribution is 6.30. The van der Waals surface area contributed by atoms with E-state index in [0.717, 1.165) is 22.4 Å². The summed E-state index contributed by atoms with van der Waals surface area (Å²) >= 11 is 0.